The van der Waals surface area contributed by atoms with Crippen molar-refractivity contribution in [3.8, 4) is 5.75 Å². The number of hydrogen-bond acceptors (Lipinski definition) is 3. The van der Waals surface area contributed by atoms with E-state index in [-0.39, 0.29) is 23.8 Å². The molecule has 1 unspecified atom stereocenters. The van der Waals surface area contributed by atoms with Gasteiger partial charge in [0.1, 0.15) is 5.75 Å². The summed E-state index contributed by atoms with van der Waals surface area (Å²) in [6.45, 7) is 2.06. The fourth-order valence-corrected chi connectivity index (χ4v) is 2.82. The second-order valence-corrected chi connectivity index (χ2v) is 5.85. The number of aliphatic carboxylic acids is 1. The average Bonchev–Trinajstić information content (AvgIpc) is 2.47. The number of carbonyl (C=O) groups is 2. The molecule has 1 aromatic rings. The van der Waals surface area contributed by atoms with Crippen molar-refractivity contribution < 1.29 is 19.4 Å². The van der Waals surface area contributed by atoms with Crippen molar-refractivity contribution in [3.05, 3.63) is 29.8 Å². The standard InChI is InChI=1S/C17H23NO4/c1-3-11(12-4-6-15(22-2)7-5-12)10-16(19)18-14-8-13(9-14)17(20)21/h4-7,11,13-14H,3,8-10H2,1-2H3,(H,18,19)(H,20,21). The number of amides is 1. The van der Waals surface area contributed by atoms with Crippen LogP contribution in [-0.4, -0.2) is 30.1 Å². The van der Waals surface area contributed by atoms with Crippen molar-refractivity contribution in [2.45, 2.75) is 44.6 Å². The van der Waals surface area contributed by atoms with Gasteiger partial charge in [-0.15, -0.1) is 0 Å². The molecular weight excluding hydrogens is 282 g/mol. The largest absolute Gasteiger partial charge is 0.497 e. The van der Waals surface area contributed by atoms with Crippen molar-refractivity contribution >= 4 is 11.9 Å². The molecule has 5 nitrogen and oxygen atoms in total. The van der Waals surface area contributed by atoms with E-state index in [0.717, 1.165) is 17.7 Å². The Morgan fingerprint density at radius 1 is 1.32 bits per heavy atom. The highest BCUT2D eigenvalue weighted by Gasteiger charge is 2.35. The molecule has 2 rings (SSSR count). The molecular formula is C17H23NO4. The fourth-order valence-electron chi connectivity index (χ4n) is 2.82. The number of hydrogen-bond donors (Lipinski definition) is 2. The van der Waals surface area contributed by atoms with Gasteiger partial charge in [0, 0.05) is 12.5 Å². The summed E-state index contributed by atoms with van der Waals surface area (Å²) in [7, 11) is 1.63. The van der Waals surface area contributed by atoms with Crippen LogP contribution in [0.15, 0.2) is 24.3 Å². The minimum Gasteiger partial charge on any atom is -0.497 e. The highest BCUT2D eigenvalue weighted by atomic mass is 16.5. The number of carbonyl (C=O) groups excluding carboxylic acids is 1. The van der Waals surface area contributed by atoms with Crippen LogP contribution in [0.1, 0.15) is 44.1 Å². The van der Waals surface area contributed by atoms with E-state index in [4.69, 9.17) is 9.84 Å². The molecule has 0 heterocycles. The first-order chi connectivity index (χ1) is 10.5. The molecule has 0 bridgehead atoms. The molecule has 5 heteroatoms. The van der Waals surface area contributed by atoms with Gasteiger partial charge in [0.15, 0.2) is 0 Å². The number of rotatable bonds is 7. The maximum absolute atomic E-state index is 12.1. The lowest BCUT2D eigenvalue weighted by Crippen LogP contribution is -2.46. The molecule has 2 N–H and O–H groups in total. The summed E-state index contributed by atoms with van der Waals surface area (Å²) in [4.78, 5) is 22.9. The quantitative estimate of drug-likeness (QED) is 0.812. The van der Waals surface area contributed by atoms with Crippen molar-refractivity contribution in [3.63, 3.8) is 0 Å². The Labute approximate surface area is 130 Å². The minimum absolute atomic E-state index is 0.00323. The van der Waals surface area contributed by atoms with Gasteiger partial charge >= 0.3 is 5.97 Å². The Morgan fingerprint density at radius 3 is 2.45 bits per heavy atom. The van der Waals surface area contributed by atoms with Crippen molar-refractivity contribution in [1.29, 1.82) is 0 Å². The normalized spacial score (nSPS) is 21.5. The van der Waals surface area contributed by atoms with E-state index in [1.165, 1.54) is 0 Å². The Balaban J connectivity index is 1.84. The summed E-state index contributed by atoms with van der Waals surface area (Å²) in [5.74, 6) is -0.0981. The summed E-state index contributed by atoms with van der Waals surface area (Å²) >= 11 is 0. The van der Waals surface area contributed by atoms with Gasteiger partial charge in [0.25, 0.3) is 0 Å². The van der Waals surface area contributed by atoms with Gasteiger partial charge in [0.05, 0.1) is 13.0 Å². The van der Waals surface area contributed by atoms with Gasteiger partial charge in [-0.25, -0.2) is 0 Å². The van der Waals surface area contributed by atoms with Gasteiger partial charge < -0.3 is 15.2 Å². The smallest absolute Gasteiger partial charge is 0.306 e. The first-order valence-electron chi connectivity index (χ1n) is 7.69. The summed E-state index contributed by atoms with van der Waals surface area (Å²) < 4.78 is 5.14. The summed E-state index contributed by atoms with van der Waals surface area (Å²) in [6.07, 6.45) is 2.39. The molecule has 1 aliphatic rings. The number of carboxylic acids is 1. The lowest BCUT2D eigenvalue weighted by Gasteiger charge is -2.33. The van der Waals surface area contributed by atoms with E-state index in [0.29, 0.717) is 19.3 Å². The number of benzene rings is 1. The SMILES string of the molecule is CCC(CC(=O)NC1CC(C(=O)O)C1)c1ccc(OC)cc1. The van der Waals surface area contributed by atoms with Crippen LogP contribution in [0, 0.1) is 5.92 Å². The highest BCUT2D eigenvalue weighted by Crippen LogP contribution is 2.29. The monoisotopic (exact) mass is 305 g/mol. The zero-order chi connectivity index (χ0) is 16.1. The van der Waals surface area contributed by atoms with E-state index in [9.17, 15) is 9.59 Å². The van der Waals surface area contributed by atoms with E-state index >= 15 is 0 Å². The van der Waals surface area contributed by atoms with E-state index in [2.05, 4.69) is 12.2 Å². The molecule has 1 atom stereocenters. The van der Waals surface area contributed by atoms with Crippen LogP contribution < -0.4 is 10.1 Å². The van der Waals surface area contributed by atoms with Gasteiger partial charge in [-0.2, -0.15) is 0 Å². The molecule has 0 spiro atoms. The molecule has 120 valence electrons. The first-order valence-corrected chi connectivity index (χ1v) is 7.69. The third-order valence-corrected chi connectivity index (χ3v) is 4.36. The number of carboxylic acid groups (broad SMARTS) is 1. The van der Waals surface area contributed by atoms with Crippen LogP contribution in [0.2, 0.25) is 0 Å². The van der Waals surface area contributed by atoms with Crippen molar-refractivity contribution in [2.75, 3.05) is 7.11 Å². The third kappa shape index (κ3) is 4.00. The maximum Gasteiger partial charge on any atom is 0.306 e. The Hall–Kier alpha value is -2.04. The zero-order valence-corrected chi connectivity index (χ0v) is 13.0. The molecule has 1 saturated carbocycles. The molecule has 1 amide bonds. The van der Waals surface area contributed by atoms with E-state index < -0.39 is 5.97 Å². The molecule has 0 saturated heterocycles. The summed E-state index contributed by atoms with van der Waals surface area (Å²) in [5.41, 5.74) is 1.12. The zero-order valence-electron chi connectivity index (χ0n) is 13.0. The number of nitrogens with one attached hydrogen (secondary N) is 1. The maximum atomic E-state index is 12.1. The molecule has 1 fully saturated rings. The summed E-state index contributed by atoms with van der Waals surface area (Å²) in [6, 6.07) is 7.80. The van der Waals surface area contributed by atoms with E-state index in [1.54, 1.807) is 7.11 Å². The van der Waals surface area contributed by atoms with Crippen LogP contribution in [0.5, 0.6) is 5.75 Å². The van der Waals surface area contributed by atoms with Crippen LogP contribution in [-0.2, 0) is 9.59 Å². The van der Waals surface area contributed by atoms with Gasteiger partial charge in [0.2, 0.25) is 5.91 Å². The molecule has 0 aliphatic heterocycles. The Kier molecular flexibility index (Phi) is 5.41. The molecule has 0 radical (unpaired) electrons. The number of methoxy groups -OCH3 is 1. The van der Waals surface area contributed by atoms with E-state index in [1.807, 2.05) is 24.3 Å². The van der Waals surface area contributed by atoms with Gasteiger partial charge in [-0.1, -0.05) is 19.1 Å². The third-order valence-electron chi connectivity index (χ3n) is 4.36. The molecule has 1 aliphatic carbocycles. The predicted molar refractivity (Wildman–Crippen MR) is 82.9 cm³/mol. The van der Waals surface area contributed by atoms with Crippen molar-refractivity contribution in [2.24, 2.45) is 5.92 Å². The fraction of sp³-hybridized carbons (Fsp3) is 0.529. The first kappa shape index (κ1) is 16.3. The van der Waals surface area contributed by atoms with Gasteiger partial charge in [-0.3, -0.25) is 9.59 Å². The van der Waals surface area contributed by atoms with Crippen molar-refractivity contribution in [1.82, 2.24) is 5.32 Å². The molecule has 0 aromatic heterocycles. The Bertz CT molecular complexity index is 520. The second-order valence-electron chi connectivity index (χ2n) is 5.85. The topological polar surface area (TPSA) is 75.6 Å². The summed E-state index contributed by atoms with van der Waals surface area (Å²) in [5, 5.41) is 11.8. The minimum atomic E-state index is -0.768. The van der Waals surface area contributed by atoms with Gasteiger partial charge in [-0.05, 0) is 42.9 Å². The lowest BCUT2D eigenvalue weighted by molar-refractivity contribution is -0.146. The average molecular weight is 305 g/mol. The van der Waals surface area contributed by atoms with Crippen LogP contribution in [0.4, 0.5) is 0 Å². The lowest BCUT2D eigenvalue weighted by atomic mass is 9.80. The number of ether oxygens (including phenoxy) is 1. The molecule has 22 heavy (non-hydrogen) atoms. The van der Waals surface area contributed by atoms with Crippen LogP contribution >= 0.6 is 0 Å². The predicted octanol–water partition coefficient (Wildman–Crippen LogP) is 2.56. The van der Waals surface area contributed by atoms with Crippen LogP contribution in [0.25, 0.3) is 0 Å². The highest BCUT2D eigenvalue weighted by molar-refractivity contribution is 5.78. The van der Waals surface area contributed by atoms with Crippen LogP contribution in [0.3, 0.4) is 0 Å². The molecule has 1 aromatic carbocycles. The second kappa shape index (κ2) is 7.29. The Morgan fingerprint density at radius 2 is 1.95 bits per heavy atom.